The van der Waals surface area contributed by atoms with E-state index in [1.165, 1.54) is 0 Å². The maximum atomic E-state index is 11.0. The maximum Gasteiger partial charge on any atom is 0.0486 e. The van der Waals surface area contributed by atoms with Crippen molar-refractivity contribution in [3.63, 3.8) is 0 Å². The van der Waals surface area contributed by atoms with Crippen LogP contribution in [-0.4, -0.2) is 10.5 Å². The fraction of sp³-hybridized carbons (Fsp3) is 0.333. The average molecular weight is 183 g/mol. The van der Waals surface area contributed by atoms with Crippen LogP contribution < -0.4 is 5.73 Å². The third-order valence-electron chi connectivity index (χ3n) is 1.70. The zero-order chi connectivity index (χ0) is 8.97. The molecular weight excluding hydrogens is 170 g/mol. The van der Waals surface area contributed by atoms with Crippen molar-refractivity contribution in [1.82, 2.24) is 0 Å². The molecule has 3 heteroatoms. The van der Waals surface area contributed by atoms with Crippen LogP contribution >= 0.6 is 0 Å². The molecule has 2 nitrogen and oxygen atoms in total. The van der Waals surface area contributed by atoms with Gasteiger partial charge in [0.05, 0.1) is 0 Å². The quantitative estimate of drug-likeness (QED) is 0.760. The maximum absolute atomic E-state index is 11.0. The van der Waals surface area contributed by atoms with Crippen LogP contribution in [0.15, 0.2) is 24.3 Å². The standard InChI is InChI=1S/C9H13NOS/c1-12(11)7-9-5-3-2-4-8(9)6-10/h2-5H,6-7,10H2,1H3. The number of hydrogen-bond acceptors (Lipinski definition) is 2. The molecule has 0 aromatic heterocycles. The highest BCUT2D eigenvalue weighted by Crippen LogP contribution is 2.09. The second kappa shape index (κ2) is 4.38. The SMILES string of the molecule is CS(=O)Cc1ccccc1CN. The van der Waals surface area contributed by atoms with Crippen molar-refractivity contribution in [3.05, 3.63) is 35.4 Å². The van der Waals surface area contributed by atoms with Crippen molar-refractivity contribution in [2.75, 3.05) is 6.26 Å². The lowest BCUT2D eigenvalue weighted by Crippen LogP contribution is -2.03. The molecule has 0 fully saturated rings. The third kappa shape index (κ3) is 2.43. The van der Waals surface area contributed by atoms with E-state index in [-0.39, 0.29) is 0 Å². The first-order chi connectivity index (χ1) is 5.74. The van der Waals surface area contributed by atoms with E-state index in [1.54, 1.807) is 6.26 Å². The van der Waals surface area contributed by atoms with Gasteiger partial charge in [-0.3, -0.25) is 4.21 Å². The molecule has 0 radical (unpaired) electrons. The molecule has 0 aliphatic heterocycles. The first kappa shape index (κ1) is 9.42. The van der Waals surface area contributed by atoms with Crippen LogP contribution in [0, 0.1) is 0 Å². The summed E-state index contributed by atoms with van der Waals surface area (Å²) in [6, 6.07) is 7.84. The van der Waals surface area contributed by atoms with Gasteiger partial charge in [-0.05, 0) is 11.1 Å². The van der Waals surface area contributed by atoms with E-state index in [0.29, 0.717) is 12.3 Å². The molecule has 0 amide bonds. The van der Waals surface area contributed by atoms with Gasteiger partial charge in [0.25, 0.3) is 0 Å². The van der Waals surface area contributed by atoms with Crippen LogP contribution in [-0.2, 0) is 23.1 Å². The minimum Gasteiger partial charge on any atom is -0.326 e. The lowest BCUT2D eigenvalue weighted by Gasteiger charge is -2.04. The van der Waals surface area contributed by atoms with Gasteiger partial charge in [0.2, 0.25) is 0 Å². The van der Waals surface area contributed by atoms with Gasteiger partial charge in [-0.2, -0.15) is 0 Å². The van der Waals surface area contributed by atoms with Crippen molar-refractivity contribution in [3.8, 4) is 0 Å². The minimum absolute atomic E-state index is 0.521. The van der Waals surface area contributed by atoms with E-state index < -0.39 is 10.8 Å². The molecule has 12 heavy (non-hydrogen) atoms. The van der Waals surface area contributed by atoms with E-state index in [1.807, 2.05) is 24.3 Å². The fourth-order valence-corrected chi connectivity index (χ4v) is 1.84. The summed E-state index contributed by atoms with van der Waals surface area (Å²) in [4.78, 5) is 0. The van der Waals surface area contributed by atoms with Crippen LogP contribution in [0.2, 0.25) is 0 Å². The van der Waals surface area contributed by atoms with Crippen LogP contribution in [0.5, 0.6) is 0 Å². The molecule has 1 aromatic carbocycles. The molecule has 1 unspecified atom stereocenters. The molecular formula is C9H13NOS. The Hall–Kier alpha value is -0.670. The van der Waals surface area contributed by atoms with Gasteiger partial charge < -0.3 is 5.73 Å². The lowest BCUT2D eigenvalue weighted by molar-refractivity contribution is 0.686. The molecule has 0 bridgehead atoms. The predicted octanol–water partition coefficient (Wildman–Crippen LogP) is 1.02. The van der Waals surface area contributed by atoms with Crippen molar-refractivity contribution in [1.29, 1.82) is 0 Å². The van der Waals surface area contributed by atoms with Gasteiger partial charge in [0.1, 0.15) is 0 Å². The van der Waals surface area contributed by atoms with Gasteiger partial charge >= 0.3 is 0 Å². The molecule has 1 rings (SSSR count). The van der Waals surface area contributed by atoms with Gasteiger partial charge in [0.15, 0.2) is 0 Å². The zero-order valence-electron chi connectivity index (χ0n) is 7.12. The Morgan fingerprint density at radius 1 is 1.33 bits per heavy atom. The lowest BCUT2D eigenvalue weighted by atomic mass is 10.1. The van der Waals surface area contributed by atoms with Crippen molar-refractivity contribution >= 4 is 10.8 Å². The summed E-state index contributed by atoms with van der Waals surface area (Å²) >= 11 is 0. The Morgan fingerprint density at radius 2 is 1.92 bits per heavy atom. The number of nitrogens with two attached hydrogens (primary N) is 1. The fourth-order valence-electron chi connectivity index (χ4n) is 1.12. The summed E-state index contributed by atoms with van der Waals surface area (Å²) in [5.41, 5.74) is 7.72. The number of hydrogen-bond donors (Lipinski definition) is 1. The van der Waals surface area contributed by atoms with Crippen LogP contribution in [0.3, 0.4) is 0 Å². The minimum atomic E-state index is -0.784. The highest BCUT2D eigenvalue weighted by molar-refractivity contribution is 7.83. The molecule has 1 atom stereocenters. The summed E-state index contributed by atoms with van der Waals surface area (Å²) in [6.45, 7) is 0.521. The smallest absolute Gasteiger partial charge is 0.0486 e. The third-order valence-corrected chi connectivity index (χ3v) is 2.41. The van der Waals surface area contributed by atoms with E-state index in [4.69, 9.17) is 5.73 Å². The molecule has 0 aliphatic rings. The first-order valence-electron chi connectivity index (χ1n) is 3.81. The second-order valence-electron chi connectivity index (χ2n) is 2.69. The second-order valence-corrected chi connectivity index (χ2v) is 4.13. The summed E-state index contributed by atoms with van der Waals surface area (Å²) in [5.74, 6) is 0.605. The molecule has 2 N–H and O–H groups in total. The Balaban J connectivity index is 2.89. The Bertz CT molecular complexity index is 286. The molecule has 0 saturated heterocycles. The van der Waals surface area contributed by atoms with Crippen molar-refractivity contribution < 1.29 is 4.21 Å². The van der Waals surface area contributed by atoms with Crippen molar-refractivity contribution in [2.45, 2.75) is 12.3 Å². The molecule has 1 aromatic rings. The van der Waals surface area contributed by atoms with E-state index in [9.17, 15) is 4.21 Å². The summed E-state index contributed by atoms with van der Waals surface area (Å²) in [5, 5.41) is 0. The van der Waals surface area contributed by atoms with Crippen LogP contribution in [0.4, 0.5) is 0 Å². The number of benzene rings is 1. The van der Waals surface area contributed by atoms with Gasteiger partial charge in [-0.25, -0.2) is 0 Å². The topological polar surface area (TPSA) is 43.1 Å². The van der Waals surface area contributed by atoms with Gasteiger partial charge in [0, 0.05) is 29.4 Å². The molecule has 0 heterocycles. The summed E-state index contributed by atoms with van der Waals surface area (Å²) < 4.78 is 11.0. The predicted molar refractivity (Wildman–Crippen MR) is 52.1 cm³/mol. The summed E-state index contributed by atoms with van der Waals surface area (Å²) in [6.07, 6.45) is 1.70. The molecule has 66 valence electrons. The van der Waals surface area contributed by atoms with Gasteiger partial charge in [-0.1, -0.05) is 24.3 Å². The Labute approximate surface area is 75.2 Å². The van der Waals surface area contributed by atoms with E-state index in [2.05, 4.69) is 0 Å². The molecule has 0 saturated carbocycles. The van der Waals surface area contributed by atoms with E-state index >= 15 is 0 Å². The van der Waals surface area contributed by atoms with Crippen LogP contribution in [0.25, 0.3) is 0 Å². The summed E-state index contributed by atoms with van der Waals surface area (Å²) in [7, 11) is -0.784. The Kier molecular flexibility index (Phi) is 3.44. The highest BCUT2D eigenvalue weighted by atomic mass is 32.2. The van der Waals surface area contributed by atoms with E-state index in [0.717, 1.165) is 11.1 Å². The largest absolute Gasteiger partial charge is 0.326 e. The molecule has 0 spiro atoms. The highest BCUT2D eigenvalue weighted by Gasteiger charge is 2.00. The van der Waals surface area contributed by atoms with Crippen LogP contribution in [0.1, 0.15) is 11.1 Å². The Morgan fingerprint density at radius 3 is 2.42 bits per heavy atom. The monoisotopic (exact) mass is 183 g/mol. The van der Waals surface area contributed by atoms with Crippen molar-refractivity contribution in [2.24, 2.45) is 5.73 Å². The first-order valence-corrected chi connectivity index (χ1v) is 5.53. The normalized spacial score (nSPS) is 12.8. The molecule has 0 aliphatic carbocycles. The number of rotatable bonds is 3. The average Bonchev–Trinajstić information content (AvgIpc) is 2.04. The van der Waals surface area contributed by atoms with Gasteiger partial charge in [-0.15, -0.1) is 0 Å². The zero-order valence-corrected chi connectivity index (χ0v) is 7.93.